The van der Waals surface area contributed by atoms with Crippen LogP contribution in [0.15, 0.2) is 27.3 Å². The Morgan fingerprint density at radius 3 is 2.74 bits per heavy atom. The van der Waals surface area contributed by atoms with Crippen molar-refractivity contribution in [1.29, 1.82) is 0 Å². The number of amides is 1. The number of aromatic nitrogens is 2. The Bertz CT molecular complexity index is 995. The largest absolute Gasteiger partial charge is 0.464 e. The zero-order valence-electron chi connectivity index (χ0n) is 15.5. The van der Waals surface area contributed by atoms with Crippen molar-refractivity contribution in [1.82, 2.24) is 15.0 Å². The van der Waals surface area contributed by atoms with Crippen LogP contribution in [-0.4, -0.2) is 34.0 Å². The Morgan fingerprint density at radius 2 is 2.00 bits per heavy atom. The molecule has 0 bridgehead atoms. The van der Waals surface area contributed by atoms with Crippen molar-refractivity contribution in [3.63, 3.8) is 0 Å². The van der Waals surface area contributed by atoms with Crippen LogP contribution in [0.2, 0.25) is 0 Å². The SMILES string of the molecule is Cc1noc(C2CCN(C(=O)Cc3coc4cc5c(cc34)CCC5)CC2)n1. The van der Waals surface area contributed by atoms with Crippen LogP contribution < -0.4 is 0 Å². The molecule has 0 unspecified atom stereocenters. The van der Waals surface area contributed by atoms with Crippen LogP contribution in [0.5, 0.6) is 0 Å². The molecule has 0 atom stereocenters. The fraction of sp³-hybridized carbons (Fsp3) is 0.476. The molecule has 5 rings (SSSR count). The number of aryl methyl sites for hydroxylation is 3. The van der Waals surface area contributed by atoms with Gasteiger partial charge in [0.05, 0.1) is 12.7 Å². The van der Waals surface area contributed by atoms with Gasteiger partial charge in [-0.2, -0.15) is 4.98 Å². The van der Waals surface area contributed by atoms with Crippen molar-refractivity contribution in [3.8, 4) is 0 Å². The van der Waals surface area contributed by atoms with Crippen LogP contribution in [0.4, 0.5) is 0 Å². The lowest BCUT2D eigenvalue weighted by atomic mass is 9.96. The van der Waals surface area contributed by atoms with Crippen LogP contribution in [0.1, 0.15) is 53.6 Å². The van der Waals surface area contributed by atoms with E-state index in [1.807, 2.05) is 11.8 Å². The summed E-state index contributed by atoms with van der Waals surface area (Å²) in [5.41, 5.74) is 4.71. The Kier molecular flexibility index (Phi) is 3.99. The van der Waals surface area contributed by atoms with E-state index in [9.17, 15) is 4.79 Å². The number of furan rings is 1. The molecule has 6 nitrogen and oxygen atoms in total. The Labute approximate surface area is 157 Å². The van der Waals surface area contributed by atoms with Crippen LogP contribution in [-0.2, 0) is 24.1 Å². The molecule has 1 amide bonds. The summed E-state index contributed by atoms with van der Waals surface area (Å²) in [7, 11) is 0. The van der Waals surface area contributed by atoms with Crippen molar-refractivity contribution in [2.24, 2.45) is 0 Å². The first-order valence-corrected chi connectivity index (χ1v) is 9.77. The average Bonchev–Trinajstić information content (AvgIpc) is 3.40. The normalized spacial score (nSPS) is 17.6. The lowest BCUT2D eigenvalue weighted by molar-refractivity contribution is -0.131. The van der Waals surface area contributed by atoms with Gasteiger partial charge in [-0.05, 0) is 62.3 Å². The molecule has 0 saturated carbocycles. The quantitative estimate of drug-likeness (QED) is 0.710. The summed E-state index contributed by atoms with van der Waals surface area (Å²) >= 11 is 0. The first kappa shape index (κ1) is 16.5. The molecule has 0 radical (unpaired) electrons. The van der Waals surface area contributed by atoms with Gasteiger partial charge in [-0.25, -0.2) is 0 Å². The van der Waals surface area contributed by atoms with Gasteiger partial charge >= 0.3 is 0 Å². The summed E-state index contributed by atoms with van der Waals surface area (Å²) in [5, 5.41) is 4.97. The molecule has 1 aromatic carbocycles. The number of hydrogen-bond acceptors (Lipinski definition) is 5. The fourth-order valence-corrected chi connectivity index (χ4v) is 4.41. The Morgan fingerprint density at radius 1 is 1.22 bits per heavy atom. The average molecular weight is 365 g/mol. The van der Waals surface area contributed by atoms with E-state index in [1.165, 1.54) is 17.5 Å². The molecule has 1 fully saturated rings. The number of rotatable bonds is 3. The minimum absolute atomic E-state index is 0.165. The Balaban J connectivity index is 1.27. The van der Waals surface area contributed by atoms with E-state index >= 15 is 0 Å². The molecule has 2 aromatic heterocycles. The number of likely N-dealkylation sites (tertiary alicyclic amines) is 1. The molecule has 0 spiro atoms. The molecule has 2 aliphatic rings. The molecule has 27 heavy (non-hydrogen) atoms. The van der Waals surface area contributed by atoms with Gasteiger partial charge in [0.2, 0.25) is 11.8 Å². The van der Waals surface area contributed by atoms with Crippen molar-refractivity contribution >= 4 is 16.9 Å². The third kappa shape index (κ3) is 3.03. The van der Waals surface area contributed by atoms with Gasteiger partial charge in [-0.3, -0.25) is 4.79 Å². The summed E-state index contributed by atoms with van der Waals surface area (Å²) in [6.45, 7) is 3.29. The third-order valence-corrected chi connectivity index (χ3v) is 5.95. The maximum atomic E-state index is 12.8. The smallest absolute Gasteiger partial charge is 0.229 e. The molecule has 1 aliphatic carbocycles. The predicted octanol–water partition coefficient (Wildman–Crippen LogP) is 3.56. The lowest BCUT2D eigenvalue weighted by Gasteiger charge is -2.30. The van der Waals surface area contributed by atoms with E-state index < -0.39 is 0 Å². The summed E-state index contributed by atoms with van der Waals surface area (Å²) in [6.07, 6.45) is 7.37. The second kappa shape index (κ2) is 6.51. The van der Waals surface area contributed by atoms with E-state index in [-0.39, 0.29) is 11.8 Å². The van der Waals surface area contributed by atoms with Crippen molar-refractivity contribution in [2.75, 3.05) is 13.1 Å². The van der Waals surface area contributed by atoms with Gasteiger partial charge in [0.25, 0.3) is 0 Å². The highest BCUT2D eigenvalue weighted by Gasteiger charge is 2.27. The second-order valence-corrected chi connectivity index (χ2v) is 7.74. The highest BCUT2D eigenvalue weighted by molar-refractivity contribution is 5.88. The van der Waals surface area contributed by atoms with Gasteiger partial charge in [0.15, 0.2) is 5.82 Å². The molecule has 3 aromatic rings. The lowest BCUT2D eigenvalue weighted by Crippen LogP contribution is -2.38. The van der Waals surface area contributed by atoms with Gasteiger partial charge in [0.1, 0.15) is 5.58 Å². The zero-order chi connectivity index (χ0) is 18.4. The molecule has 140 valence electrons. The summed E-state index contributed by atoms with van der Waals surface area (Å²) in [4.78, 5) is 19.1. The number of carbonyl (C=O) groups excluding carboxylic acids is 1. The number of carbonyl (C=O) groups is 1. The number of fused-ring (bicyclic) bond motifs is 2. The van der Waals surface area contributed by atoms with Gasteiger partial charge in [0, 0.05) is 30.0 Å². The standard InChI is InChI=1S/C21H23N3O3/c1-13-22-21(27-23-13)14-5-7-24(8-6-14)20(25)11-17-12-26-19-10-16-4-2-3-15(16)9-18(17)19/h9-10,12,14H,2-8,11H2,1H3. The van der Waals surface area contributed by atoms with E-state index in [2.05, 4.69) is 22.3 Å². The van der Waals surface area contributed by atoms with E-state index in [4.69, 9.17) is 8.94 Å². The topological polar surface area (TPSA) is 72.4 Å². The first-order chi connectivity index (χ1) is 13.2. The summed E-state index contributed by atoms with van der Waals surface area (Å²) < 4.78 is 11.0. The van der Waals surface area contributed by atoms with Crippen molar-refractivity contribution < 1.29 is 13.7 Å². The minimum atomic E-state index is 0.165. The molecule has 1 aliphatic heterocycles. The number of piperidine rings is 1. The van der Waals surface area contributed by atoms with E-state index in [1.54, 1.807) is 6.26 Å². The van der Waals surface area contributed by atoms with Crippen LogP contribution in [0, 0.1) is 6.92 Å². The van der Waals surface area contributed by atoms with Crippen LogP contribution >= 0.6 is 0 Å². The van der Waals surface area contributed by atoms with Gasteiger partial charge in [-0.1, -0.05) is 5.16 Å². The summed E-state index contributed by atoms with van der Waals surface area (Å²) in [5.74, 6) is 1.79. The molecular weight excluding hydrogens is 342 g/mol. The monoisotopic (exact) mass is 365 g/mol. The molecule has 1 saturated heterocycles. The number of hydrogen-bond donors (Lipinski definition) is 0. The molecule has 3 heterocycles. The van der Waals surface area contributed by atoms with Gasteiger partial charge in [-0.15, -0.1) is 0 Å². The van der Waals surface area contributed by atoms with E-state index in [0.29, 0.717) is 18.1 Å². The Hall–Kier alpha value is -2.63. The van der Waals surface area contributed by atoms with Crippen LogP contribution in [0.25, 0.3) is 11.0 Å². The van der Waals surface area contributed by atoms with Crippen molar-refractivity contribution in [3.05, 3.63) is 46.8 Å². The van der Waals surface area contributed by atoms with Crippen molar-refractivity contribution in [2.45, 2.75) is 51.4 Å². The zero-order valence-corrected chi connectivity index (χ0v) is 15.5. The van der Waals surface area contributed by atoms with Gasteiger partial charge < -0.3 is 13.8 Å². The predicted molar refractivity (Wildman–Crippen MR) is 99.5 cm³/mol. The maximum absolute atomic E-state index is 12.8. The molecule has 0 N–H and O–H groups in total. The van der Waals surface area contributed by atoms with E-state index in [0.717, 1.165) is 55.3 Å². The van der Waals surface area contributed by atoms with Crippen LogP contribution in [0.3, 0.4) is 0 Å². The fourth-order valence-electron chi connectivity index (χ4n) is 4.41. The second-order valence-electron chi connectivity index (χ2n) is 7.74. The minimum Gasteiger partial charge on any atom is -0.464 e. The third-order valence-electron chi connectivity index (χ3n) is 5.95. The highest BCUT2D eigenvalue weighted by atomic mass is 16.5. The number of benzene rings is 1. The molecule has 6 heteroatoms. The highest BCUT2D eigenvalue weighted by Crippen LogP contribution is 2.31. The summed E-state index contributed by atoms with van der Waals surface area (Å²) in [6, 6.07) is 4.39. The first-order valence-electron chi connectivity index (χ1n) is 9.77. The number of nitrogens with zero attached hydrogens (tertiary/aromatic N) is 3. The molecular formula is C21H23N3O3. The maximum Gasteiger partial charge on any atom is 0.229 e.